The van der Waals surface area contributed by atoms with Crippen LogP contribution in [0.15, 0.2) is 0 Å². The Bertz CT molecular complexity index is 7.51. The SMILES string of the molecule is [CH2-]CCC.[Na+].[Na]. The minimum atomic E-state index is 0. The number of unbranched alkanes of at least 4 members (excludes halogenated alkanes) is 1. The molecule has 0 fully saturated rings. The molecule has 2 heteroatoms. The smallest absolute Gasteiger partial charge is 0.343 e. The molecule has 0 saturated carbocycles. The van der Waals surface area contributed by atoms with Crippen molar-refractivity contribution in [3.63, 3.8) is 0 Å². The number of rotatable bonds is 1. The Morgan fingerprint density at radius 1 is 1.50 bits per heavy atom. The van der Waals surface area contributed by atoms with Gasteiger partial charge in [0.05, 0.1) is 0 Å². The van der Waals surface area contributed by atoms with Gasteiger partial charge in [0.25, 0.3) is 0 Å². The van der Waals surface area contributed by atoms with E-state index in [1.165, 1.54) is 6.42 Å². The van der Waals surface area contributed by atoms with Gasteiger partial charge in [0.1, 0.15) is 0 Å². The minimum absolute atomic E-state index is 0. The van der Waals surface area contributed by atoms with Crippen LogP contribution in [0.3, 0.4) is 0 Å². The Balaban J connectivity index is -0.0000000450. The molecule has 0 N–H and O–H groups in total. The van der Waals surface area contributed by atoms with Gasteiger partial charge in [-0.1, -0.05) is 13.3 Å². The Kier molecular flexibility index (Phi) is 41.2. The van der Waals surface area contributed by atoms with E-state index in [2.05, 4.69) is 13.8 Å². The second-order valence-electron chi connectivity index (χ2n) is 0.854. The second-order valence-corrected chi connectivity index (χ2v) is 0.854. The Labute approximate surface area is 84.7 Å². The molecule has 0 amide bonds. The molecule has 0 saturated heterocycles. The topological polar surface area (TPSA) is 0 Å². The minimum Gasteiger partial charge on any atom is -0.343 e. The third-order valence-corrected chi connectivity index (χ3v) is 0.354. The van der Waals surface area contributed by atoms with E-state index >= 15 is 0 Å². The van der Waals surface area contributed by atoms with E-state index in [1.807, 2.05) is 0 Å². The monoisotopic (exact) mass is 103 g/mol. The van der Waals surface area contributed by atoms with Gasteiger partial charge in [-0.15, -0.1) is 0 Å². The molecule has 0 nitrogen and oxygen atoms in total. The van der Waals surface area contributed by atoms with Gasteiger partial charge >= 0.3 is 29.6 Å². The van der Waals surface area contributed by atoms with Crippen molar-refractivity contribution < 1.29 is 29.6 Å². The first-order chi connectivity index (χ1) is 1.91. The molecule has 0 atom stereocenters. The Hall–Kier alpha value is 2.00. The molecule has 0 rings (SSSR count). The molecular formula is C4H9Na2. The fraction of sp³-hybridized carbons (Fsp3) is 0.750. The summed E-state index contributed by atoms with van der Waals surface area (Å²) < 4.78 is 0. The molecule has 0 aromatic carbocycles. The Morgan fingerprint density at radius 2 is 1.67 bits per heavy atom. The van der Waals surface area contributed by atoms with Gasteiger partial charge in [-0.05, 0) is 0 Å². The maximum atomic E-state index is 3.60. The first kappa shape index (κ1) is 15.7. The van der Waals surface area contributed by atoms with E-state index in [1.54, 1.807) is 0 Å². The van der Waals surface area contributed by atoms with Crippen molar-refractivity contribution in [1.82, 2.24) is 0 Å². The van der Waals surface area contributed by atoms with Crippen molar-refractivity contribution in [2.24, 2.45) is 0 Å². The van der Waals surface area contributed by atoms with Gasteiger partial charge < -0.3 is 6.92 Å². The van der Waals surface area contributed by atoms with Crippen molar-refractivity contribution in [3.8, 4) is 0 Å². The van der Waals surface area contributed by atoms with Gasteiger partial charge in [0, 0.05) is 29.6 Å². The van der Waals surface area contributed by atoms with E-state index in [0.29, 0.717) is 0 Å². The summed E-state index contributed by atoms with van der Waals surface area (Å²) in [6.45, 7) is 5.72. The molecule has 0 unspecified atom stereocenters. The van der Waals surface area contributed by atoms with Gasteiger partial charge in [0.15, 0.2) is 0 Å². The molecule has 27 valence electrons. The van der Waals surface area contributed by atoms with Crippen molar-refractivity contribution in [1.29, 1.82) is 0 Å². The number of hydrogen-bond donors (Lipinski definition) is 0. The van der Waals surface area contributed by atoms with E-state index in [-0.39, 0.29) is 59.1 Å². The van der Waals surface area contributed by atoms with Crippen molar-refractivity contribution in [2.45, 2.75) is 19.8 Å². The molecule has 0 aromatic heterocycles. The molecule has 0 aliphatic carbocycles. The summed E-state index contributed by atoms with van der Waals surface area (Å²) in [4.78, 5) is 0. The molecule has 0 bridgehead atoms. The van der Waals surface area contributed by atoms with Crippen LogP contribution in [-0.4, -0.2) is 29.6 Å². The van der Waals surface area contributed by atoms with Crippen molar-refractivity contribution in [2.75, 3.05) is 0 Å². The van der Waals surface area contributed by atoms with E-state index in [0.717, 1.165) is 6.42 Å². The summed E-state index contributed by atoms with van der Waals surface area (Å²) in [6.07, 6.45) is 2.28. The zero-order chi connectivity index (χ0) is 3.41. The summed E-state index contributed by atoms with van der Waals surface area (Å²) in [5.41, 5.74) is 0. The maximum Gasteiger partial charge on any atom is 1.00 e. The summed E-state index contributed by atoms with van der Waals surface area (Å²) in [6, 6.07) is 0. The molecule has 0 spiro atoms. The van der Waals surface area contributed by atoms with Crippen LogP contribution in [0.5, 0.6) is 0 Å². The molecule has 0 aliphatic rings. The van der Waals surface area contributed by atoms with Crippen LogP contribution in [0.2, 0.25) is 0 Å². The molecule has 0 aromatic rings. The quantitative estimate of drug-likeness (QED) is 0.272. The van der Waals surface area contributed by atoms with Crippen molar-refractivity contribution >= 4 is 29.6 Å². The van der Waals surface area contributed by atoms with Crippen molar-refractivity contribution in [3.05, 3.63) is 6.92 Å². The summed E-state index contributed by atoms with van der Waals surface area (Å²) >= 11 is 0. The van der Waals surface area contributed by atoms with Crippen LogP contribution in [-0.2, 0) is 0 Å². The van der Waals surface area contributed by atoms with Gasteiger partial charge in [-0.2, -0.15) is 6.42 Å². The van der Waals surface area contributed by atoms with E-state index in [9.17, 15) is 0 Å². The molecule has 0 heterocycles. The fourth-order valence-corrected chi connectivity index (χ4v) is 0. The van der Waals surface area contributed by atoms with E-state index in [4.69, 9.17) is 0 Å². The van der Waals surface area contributed by atoms with Gasteiger partial charge in [-0.25, -0.2) is 0 Å². The van der Waals surface area contributed by atoms with E-state index < -0.39 is 0 Å². The van der Waals surface area contributed by atoms with Gasteiger partial charge in [-0.3, -0.25) is 0 Å². The molecular weight excluding hydrogens is 94.0 g/mol. The molecule has 0 aliphatic heterocycles. The maximum absolute atomic E-state index is 3.60. The first-order valence-electron chi connectivity index (χ1n) is 1.71. The average Bonchev–Trinajstić information content (AvgIpc) is 1.37. The van der Waals surface area contributed by atoms with Crippen LogP contribution < -0.4 is 29.6 Å². The largest absolute Gasteiger partial charge is 1.00 e. The summed E-state index contributed by atoms with van der Waals surface area (Å²) in [5, 5.41) is 0. The van der Waals surface area contributed by atoms with Crippen LogP contribution in [0, 0.1) is 6.92 Å². The van der Waals surface area contributed by atoms with Gasteiger partial charge in [0.2, 0.25) is 0 Å². The summed E-state index contributed by atoms with van der Waals surface area (Å²) in [7, 11) is 0. The third-order valence-electron chi connectivity index (χ3n) is 0.354. The molecule has 6 heavy (non-hydrogen) atoms. The Morgan fingerprint density at radius 3 is 1.67 bits per heavy atom. The molecule has 1 radical (unpaired) electrons. The predicted molar refractivity (Wildman–Crippen MR) is 26.0 cm³/mol. The normalized spacial score (nSPS) is 5.00. The second kappa shape index (κ2) is 15.8. The summed E-state index contributed by atoms with van der Waals surface area (Å²) in [5.74, 6) is 0. The van der Waals surface area contributed by atoms with Crippen LogP contribution in [0.4, 0.5) is 0 Å². The van der Waals surface area contributed by atoms with Crippen LogP contribution in [0.1, 0.15) is 19.8 Å². The first-order valence-corrected chi connectivity index (χ1v) is 1.71. The predicted octanol–water partition coefficient (Wildman–Crippen LogP) is -1.76. The van der Waals surface area contributed by atoms with Crippen LogP contribution >= 0.6 is 0 Å². The number of hydrogen-bond acceptors (Lipinski definition) is 0. The fourth-order valence-electron chi connectivity index (χ4n) is 0. The third kappa shape index (κ3) is 16.7. The standard InChI is InChI=1S/C4H9.2Na/c1-3-4-2;;/h1,3-4H2,2H3;;/q-1;;+1. The average molecular weight is 103 g/mol. The zero-order valence-corrected chi connectivity index (χ0v) is 9.12. The zero-order valence-electron chi connectivity index (χ0n) is 5.12. The van der Waals surface area contributed by atoms with Crippen LogP contribution in [0.25, 0.3) is 0 Å².